The molecule has 2 heterocycles. The van der Waals surface area contributed by atoms with E-state index in [0.717, 1.165) is 22.4 Å². The van der Waals surface area contributed by atoms with Crippen LogP contribution in [-0.2, 0) is 11.3 Å². The molecule has 0 aliphatic rings. The van der Waals surface area contributed by atoms with Gasteiger partial charge >= 0.3 is 0 Å². The molecule has 0 saturated carbocycles. The van der Waals surface area contributed by atoms with E-state index < -0.39 is 0 Å². The number of amides is 1. The van der Waals surface area contributed by atoms with Gasteiger partial charge in [-0.05, 0) is 48.6 Å². The number of hydrogen-bond donors (Lipinski definition) is 1. The molecule has 1 N–H and O–H groups in total. The molecular formula is C25H25N3O4S2. The first kappa shape index (κ1) is 23.8. The summed E-state index contributed by atoms with van der Waals surface area (Å²) in [7, 11) is 3.14. The Hall–Kier alpha value is -3.30. The molecule has 4 rings (SSSR count). The Balaban J connectivity index is 1.58. The summed E-state index contributed by atoms with van der Waals surface area (Å²) in [6.45, 7) is 4.28. The highest BCUT2D eigenvalue weighted by atomic mass is 32.2. The molecule has 0 aliphatic heterocycles. The van der Waals surface area contributed by atoms with E-state index in [-0.39, 0.29) is 17.2 Å². The molecule has 0 fully saturated rings. The van der Waals surface area contributed by atoms with Crippen molar-refractivity contribution in [1.82, 2.24) is 14.9 Å². The number of aryl methyl sites for hydroxylation is 1. The van der Waals surface area contributed by atoms with E-state index in [0.29, 0.717) is 33.4 Å². The molecule has 34 heavy (non-hydrogen) atoms. The maximum absolute atomic E-state index is 13.4. The first-order valence-corrected chi connectivity index (χ1v) is 12.5. The third kappa shape index (κ3) is 4.67. The fourth-order valence-electron chi connectivity index (χ4n) is 3.65. The number of methoxy groups -OCH3 is 2. The van der Waals surface area contributed by atoms with E-state index >= 15 is 0 Å². The number of hydrogen-bond acceptors (Lipinski definition) is 7. The molecule has 2 aromatic carbocycles. The van der Waals surface area contributed by atoms with Gasteiger partial charge in [0.1, 0.15) is 4.70 Å². The zero-order valence-corrected chi connectivity index (χ0v) is 21.0. The van der Waals surface area contributed by atoms with E-state index in [2.05, 4.69) is 5.32 Å². The fourth-order valence-corrected chi connectivity index (χ4v) is 5.24. The predicted molar refractivity (Wildman–Crippen MR) is 137 cm³/mol. The molecule has 4 aromatic rings. The van der Waals surface area contributed by atoms with Gasteiger partial charge in [-0.15, -0.1) is 11.3 Å². The van der Waals surface area contributed by atoms with Crippen LogP contribution >= 0.6 is 23.1 Å². The molecule has 0 bridgehead atoms. The van der Waals surface area contributed by atoms with Gasteiger partial charge in [-0.3, -0.25) is 14.2 Å². The minimum Gasteiger partial charge on any atom is -0.493 e. The maximum atomic E-state index is 13.4. The summed E-state index contributed by atoms with van der Waals surface area (Å²) in [5, 5.41) is 5.25. The van der Waals surface area contributed by atoms with Gasteiger partial charge in [-0.2, -0.15) is 0 Å². The highest BCUT2D eigenvalue weighted by Crippen LogP contribution is 2.30. The number of nitrogens with one attached hydrogen (secondary N) is 1. The largest absolute Gasteiger partial charge is 0.493 e. The number of rotatable bonds is 8. The van der Waals surface area contributed by atoms with Gasteiger partial charge in [-0.25, -0.2) is 4.98 Å². The van der Waals surface area contributed by atoms with Crippen LogP contribution in [0, 0.1) is 13.8 Å². The van der Waals surface area contributed by atoms with Gasteiger partial charge in [0, 0.05) is 12.1 Å². The summed E-state index contributed by atoms with van der Waals surface area (Å²) in [5.74, 6) is 1.13. The molecular weight excluding hydrogens is 470 g/mol. The van der Waals surface area contributed by atoms with Crippen molar-refractivity contribution in [2.24, 2.45) is 0 Å². The highest BCUT2D eigenvalue weighted by molar-refractivity contribution is 7.99. The van der Waals surface area contributed by atoms with E-state index in [4.69, 9.17) is 14.5 Å². The van der Waals surface area contributed by atoms with Crippen molar-refractivity contribution >= 4 is 39.2 Å². The average molecular weight is 496 g/mol. The molecule has 9 heteroatoms. The number of benzene rings is 2. The lowest BCUT2D eigenvalue weighted by atomic mass is 10.1. The maximum Gasteiger partial charge on any atom is 0.276 e. The average Bonchev–Trinajstić information content (AvgIpc) is 3.32. The number of para-hydroxylation sites is 1. The lowest BCUT2D eigenvalue weighted by Crippen LogP contribution is -2.26. The second kappa shape index (κ2) is 10.3. The first-order valence-electron chi connectivity index (χ1n) is 10.6. The third-order valence-corrected chi connectivity index (χ3v) is 7.39. The van der Waals surface area contributed by atoms with Gasteiger partial charge in [-0.1, -0.05) is 36.0 Å². The standard InChI is InChI=1S/C25H25N3O4S2/c1-15-7-5-9-19(16(15)2)28-24(30)23-18(11-12-33-23)27-25(28)34-14-21(29)26-13-17-8-6-10-20(31-3)22(17)32-4/h5-12H,13-14H2,1-4H3,(H,26,29). The van der Waals surface area contributed by atoms with E-state index in [9.17, 15) is 9.59 Å². The quantitative estimate of drug-likeness (QED) is 0.287. The Labute approximate surface area is 205 Å². The first-order chi connectivity index (χ1) is 16.4. The monoisotopic (exact) mass is 495 g/mol. The minimum absolute atomic E-state index is 0.110. The number of ether oxygens (including phenoxy) is 2. The fraction of sp³-hybridized carbons (Fsp3) is 0.240. The Morgan fingerprint density at radius 3 is 2.68 bits per heavy atom. The van der Waals surface area contributed by atoms with Crippen LogP contribution in [-0.4, -0.2) is 35.4 Å². The van der Waals surface area contributed by atoms with Crippen molar-refractivity contribution in [3.63, 3.8) is 0 Å². The smallest absolute Gasteiger partial charge is 0.276 e. The zero-order chi connectivity index (χ0) is 24.2. The van der Waals surface area contributed by atoms with Crippen molar-refractivity contribution in [1.29, 1.82) is 0 Å². The van der Waals surface area contributed by atoms with Crippen LogP contribution in [0.4, 0.5) is 0 Å². The molecule has 0 unspecified atom stereocenters. The van der Waals surface area contributed by atoms with Gasteiger partial charge in [0.15, 0.2) is 16.7 Å². The minimum atomic E-state index is -0.179. The molecule has 2 aromatic heterocycles. The number of carbonyl (C=O) groups excluding carboxylic acids is 1. The summed E-state index contributed by atoms with van der Waals surface area (Å²) in [6, 6.07) is 13.2. The van der Waals surface area contributed by atoms with Crippen molar-refractivity contribution in [2.75, 3.05) is 20.0 Å². The predicted octanol–water partition coefficient (Wildman–Crippen LogP) is 4.49. The van der Waals surface area contributed by atoms with E-state index in [1.54, 1.807) is 24.9 Å². The van der Waals surface area contributed by atoms with Gasteiger partial charge < -0.3 is 14.8 Å². The SMILES string of the molecule is COc1cccc(CNC(=O)CSc2nc3ccsc3c(=O)n2-c2cccc(C)c2C)c1OC. The third-order valence-electron chi connectivity index (χ3n) is 5.56. The molecule has 1 amide bonds. The summed E-state index contributed by atoms with van der Waals surface area (Å²) >= 11 is 2.61. The Bertz CT molecular complexity index is 1410. The molecule has 0 aliphatic carbocycles. The number of nitrogens with zero attached hydrogens (tertiary/aromatic N) is 2. The van der Waals surface area contributed by atoms with Crippen LogP contribution in [0.2, 0.25) is 0 Å². The highest BCUT2D eigenvalue weighted by Gasteiger charge is 2.18. The molecule has 7 nitrogen and oxygen atoms in total. The van der Waals surface area contributed by atoms with E-state index in [1.807, 2.05) is 55.6 Å². The number of aromatic nitrogens is 2. The summed E-state index contributed by atoms with van der Waals surface area (Å²) < 4.78 is 13.0. The van der Waals surface area contributed by atoms with Crippen molar-refractivity contribution < 1.29 is 14.3 Å². The van der Waals surface area contributed by atoms with Crippen LogP contribution in [0.15, 0.2) is 57.8 Å². The number of carbonyl (C=O) groups is 1. The molecule has 0 spiro atoms. The topological polar surface area (TPSA) is 82.5 Å². The summed E-state index contributed by atoms with van der Waals surface area (Å²) in [5.41, 5.74) is 4.18. The molecule has 0 atom stereocenters. The van der Waals surface area contributed by atoms with Crippen LogP contribution < -0.4 is 20.3 Å². The number of thioether (sulfide) groups is 1. The van der Waals surface area contributed by atoms with Crippen molar-refractivity contribution in [2.45, 2.75) is 25.5 Å². The summed E-state index contributed by atoms with van der Waals surface area (Å²) in [6.07, 6.45) is 0. The van der Waals surface area contributed by atoms with Crippen LogP contribution in [0.1, 0.15) is 16.7 Å². The normalized spacial score (nSPS) is 10.9. The van der Waals surface area contributed by atoms with Crippen LogP contribution in [0.3, 0.4) is 0 Å². The molecule has 0 radical (unpaired) electrons. The van der Waals surface area contributed by atoms with Crippen LogP contribution in [0.5, 0.6) is 11.5 Å². The van der Waals surface area contributed by atoms with Gasteiger partial charge in [0.2, 0.25) is 5.91 Å². The molecule has 176 valence electrons. The lowest BCUT2D eigenvalue weighted by Gasteiger charge is -2.16. The Kier molecular flexibility index (Phi) is 7.23. The lowest BCUT2D eigenvalue weighted by molar-refractivity contribution is -0.118. The Morgan fingerprint density at radius 1 is 1.12 bits per heavy atom. The van der Waals surface area contributed by atoms with Gasteiger partial charge in [0.25, 0.3) is 5.56 Å². The van der Waals surface area contributed by atoms with Crippen molar-refractivity contribution in [3.8, 4) is 17.2 Å². The van der Waals surface area contributed by atoms with Crippen LogP contribution in [0.25, 0.3) is 15.9 Å². The second-order valence-corrected chi connectivity index (χ2v) is 9.47. The number of thiophene rings is 1. The van der Waals surface area contributed by atoms with E-state index in [1.165, 1.54) is 23.1 Å². The van der Waals surface area contributed by atoms with Gasteiger partial charge in [0.05, 0.1) is 31.2 Å². The zero-order valence-electron chi connectivity index (χ0n) is 19.4. The number of fused-ring (bicyclic) bond motifs is 1. The second-order valence-electron chi connectivity index (χ2n) is 7.61. The Morgan fingerprint density at radius 2 is 1.91 bits per heavy atom. The molecule has 0 saturated heterocycles. The van der Waals surface area contributed by atoms with Crippen molar-refractivity contribution in [3.05, 3.63) is 74.9 Å². The summed E-state index contributed by atoms with van der Waals surface area (Å²) in [4.78, 5) is 30.8.